The zero-order chi connectivity index (χ0) is 29.6. The van der Waals surface area contributed by atoms with Gasteiger partial charge < -0.3 is 25.1 Å². The lowest BCUT2D eigenvalue weighted by molar-refractivity contribution is -0.146. The molecule has 1 aromatic heterocycles. The minimum Gasteiger partial charge on any atom is -0.462 e. The molecule has 0 aliphatic heterocycles. The summed E-state index contributed by atoms with van der Waals surface area (Å²) in [5.74, 6) is -0.397. The van der Waals surface area contributed by atoms with Crippen LogP contribution >= 0.6 is 0 Å². The highest BCUT2D eigenvalue weighted by molar-refractivity contribution is 5.75. The molecule has 41 heavy (non-hydrogen) atoms. The molecular formula is C34H66N4O3. The van der Waals surface area contributed by atoms with E-state index in [1.807, 2.05) is 0 Å². The smallest absolute Gasteiger partial charge is 0.323 e. The SMILES string of the molecule is CCCCCCCCCCCCN(CCCCCCCCCCCC)CCOCCOC(=O)C(N)Cc1cnc[nH]1. The Morgan fingerprint density at radius 2 is 1.22 bits per heavy atom. The van der Waals surface area contributed by atoms with Crippen LogP contribution in [0.15, 0.2) is 12.5 Å². The Kier molecular flexibility index (Phi) is 26.3. The third kappa shape index (κ3) is 23.8. The number of nitrogens with two attached hydrogens (primary N) is 1. The first kappa shape index (κ1) is 37.6. The van der Waals surface area contributed by atoms with Gasteiger partial charge in [0, 0.05) is 24.9 Å². The Hall–Kier alpha value is -1.44. The maximum Gasteiger partial charge on any atom is 0.323 e. The van der Waals surface area contributed by atoms with E-state index in [-0.39, 0.29) is 6.61 Å². The van der Waals surface area contributed by atoms with Gasteiger partial charge in [-0.05, 0) is 25.9 Å². The maximum absolute atomic E-state index is 12.1. The third-order valence-corrected chi connectivity index (χ3v) is 7.98. The van der Waals surface area contributed by atoms with E-state index in [1.54, 1.807) is 12.5 Å². The van der Waals surface area contributed by atoms with E-state index in [0.717, 1.165) is 25.3 Å². The van der Waals surface area contributed by atoms with Crippen LogP contribution in [-0.2, 0) is 20.7 Å². The monoisotopic (exact) mass is 579 g/mol. The average molecular weight is 579 g/mol. The Bertz CT molecular complexity index is 647. The van der Waals surface area contributed by atoms with Crippen molar-refractivity contribution in [1.82, 2.24) is 14.9 Å². The Morgan fingerprint density at radius 3 is 1.68 bits per heavy atom. The van der Waals surface area contributed by atoms with Crippen molar-refractivity contribution in [2.24, 2.45) is 5.73 Å². The quantitative estimate of drug-likeness (QED) is 0.0685. The number of H-pyrrole nitrogens is 1. The molecule has 0 fully saturated rings. The van der Waals surface area contributed by atoms with E-state index in [1.165, 1.54) is 128 Å². The predicted molar refractivity (Wildman–Crippen MR) is 172 cm³/mol. The van der Waals surface area contributed by atoms with Crippen LogP contribution in [0.3, 0.4) is 0 Å². The lowest BCUT2D eigenvalue weighted by atomic mass is 10.1. The van der Waals surface area contributed by atoms with Gasteiger partial charge >= 0.3 is 5.97 Å². The number of carbonyl (C=O) groups excluding carboxylic acids is 1. The van der Waals surface area contributed by atoms with Crippen molar-refractivity contribution >= 4 is 5.97 Å². The number of hydrogen-bond acceptors (Lipinski definition) is 6. The van der Waals surface area contributed by atoms with Crippen LogP contribution in [-0.4, -0.2) is 66.3 Å². The fraction of sp³-hybridized carbons (Fsp3) is 0.882. The topological polar surface area (TPSA) is 93.5 Å². The normalized spacial score (nSPS) is 12.3. The molecule has 0 spiro atoms. The molecule has 7 heteroatoms. The summed E-state index contributed by atoms with van der Waals surface area (Å²) >= 11 is 0. The molecule has 1 aromatic rings. The first-order valence-corrected chi connectivity index (χ1v) is 17.4. The highest BCUT2D eigenvalue weighted by Crippen LogP contribution is 2.13. The van der Waals surface area contributed by atoms with Gasteiger partial charge in [-0.3, -0.25) is 4.79 Å². The van der Waals surface area contributed by atoms with E-state index in [4.69, 9.17) is 15.2 Å². The van der Waals surface area contributed by atoms with Gasteiger partial charge in [-0.1, -0.05) is 129 Å². The Labute approximate surface area is 253 Å². The summed E-state index contributed by atoms with van der Waals surface area (Å²) in [5.41, 5.74) is 6.77. The molecule has 1 heterocycles. The molecule has 0 saturated carbocycles. The Morgan fingerprint density at radius 1 is 0.732 bits per heavy atom. The molecule has 1 rings (SSSR count). The van der Waals surface area contributed by atoms with Crippen LogP contribution in [0.2, 0.25) is 0 Å². The van der Waals surface area contributed by atoms with Gasteiger partial charge in [0.2, 0.25) is 0 Å². The average Bonchev–Trinajstić information content (AvgIpc) is 3.49. The van der Waals surface area contributed by atoms with E-state index >= 15 is 0 Å². The second kappa shape index (κ2) is 28.7. The lowest BCUT2D eigenvalue weighted by Gasteiger charge is -2.22. The van der Waals surface area contributed by atoms with Crippen molar-refractivity contribution in [3.05, 3.63) is 18.2 Å². The summed E-state index contributed by atoms with van der Waals surface area (Å²) in [6.45, 7) is 9.16. The minimum absolute atomic E-state index is 0.242. The predicted octanol–water partition coefficient (Wildman–Crippen LogP) is 7.98. The van der Waals surface area contributed by atoms with Crippen LogP contribution in [0.5, 0.6) is 0 Å². The molecule has 0 saturated heterocycles. The first-order valence-electron chi connectivity index (χ1n) is 17.4. The molecule has 0 amide bonds. The fourth-order valence-electron chi connectivity index (χ4n) is 5.30. The van der Waals surface area contributed by atoms with Crippen LogP contribution in [0.4, 0.5) is 0 Å². The molecule has 0 aliphatic rings. The number of ether oxygens (including phenoxy) is 2. The molecule has 3 N–H and O–H groups in total. The molecule has 1 atom stereocenters. The standard InChI is InChI=1S/C34H66N4O3/c1-3-5-7-9-11-13-15-17-19-21-23-38(24-22-20-18-16-14-12-10-8-6-4-2)25-26-40-27-28-41-34(39)33(35)29-32-30-36-31-37-32/h30-31,33H,3-29,35H2,1-2H3,(H,36,37). The summed E-state index contributed by atoms with van der Waals surface area (Å²) in [4.78, 5) is 21.6. The second-order valence-corrected chi connectivity index (χ2v) is 11.9. The van der Waals surface area contributed by atoms with Crippen LogP contribution < -0.4 is 5.73 Å². The first-order chi connectivity index (χ1) is 20.2. The van der Waals surface area contributed by atoms with Crippen molar-refractivity contribution in [2.45, 2.75) is 155 Å². The van der Waals surface area contributed by atoms with Crippen molar-refractivity contribution in [2.75, 3.05) is 39.5 Å². The van der Waals surface area contributed by atoms with E-state index < -0.39 is 12.0 Å². The second-order valence-electron chi connectivity index (χ2n) is 11.9. The Balaban J connectivity index is 2.17. The summed E-state index contributed by atoms with van der Waals surface area (Å²) < 4.78 is 11.1. The van der Waals surface area contributed by atoms with Crippen LogP contribution in [0, 0.1) is 0 Å². The van der Waals surface area contributed by atoms with Crippen molar-refractivity contribution < 1.29 is 14.3 Å². The van der Waals surface area contributed by atoms with Crippen LogP contribution in [0.25, 0.3) is 0 Å². The van der Waals surface area contributed by atoms with Gasteiger partial charge in [0.15, 0.2) is 0 Å². The summed E-state index contributed by atoms with van der Waals surface area (Å²) in [6.07, 6.45) is 31.1. The number of hydrogen-bond donors (Lipinski definition) is 2. The van der Waals surface area contributed by atoms with Crippen molar-refractivity contribution in [3.63, 3.8) is 0 Å². The minimum atomic E-state index is -0.687. The summed E-state index contributed by atoms with van der Waals surface area (Å²) in [7, 11) is 0. The number of imidazole rings is 1. The zero-order valence-corrected chi connectivity index (χ0v) is 27.0. The molecule has 7 nitrogen and oxygen atoms in total. The molecule has 0 aromatic carbocycles. The summed E-state index contributed by atoms with van der Waals surface area (Å²) in [6, 6.07) is -0.687. The van der Waals surface area contributed by atoms with E-state index in [2.05, 4.69) is 28.7 Å². The van der Waals surface area contributed by atoms with E-state index in [0.29, 0.717) is 19.6 Å². The molecule has 0 radical (unpaired) electrons. The molecule has 1 unspecified atom stereocenters. The van der Waals surface area contributed by atoms with Crippen molar-refractivity contribution in [3.8, 4) is 0 Å². The van der Waals surface area contributed by atoms with Gasteiger partial charge in [-0.25, -0.2) is 4.98 Å². The maximum atomic E-state index is 12.1. The number of carbonyl (C=O) groups is 1. The fourth-order valence-corrected chi connectivity index (χ4v) is 5.30. The zero-order valence-electron chi connectivity index (χ0n) is 27.0. The lowest BCUT2D eigenvalue weighted by Crippen LogP contribution is -2.35. The number of esters is 1. The number of aromatic nitrogens is 2. The molecule has 0 aliphatic carbocycles. The van der Waals surface area contributed by atoms with Gasteiger partial charge in [0.05, 0.1) is 19.5 Å². The molecular weight excluding hydrogens is 512 g/mol. The third-order valence-electron chi connectivity index (χ3n) is 7.98. The highest BCUT2D eigenvalue weighted by atomic mass is 16.6. The van der Waals surface area contributed by atoms with E-state index in [9.17, 15) is 4.79 Å². The molecule has 0 bridgehead atoms. The number of nitrogens with zero attached hydrogens (tertiary/aromatic N) is 2. The number of rotatable bonds is 31. The number of unbranched alkanes of at least 4 members (excludes halogenated alkanes) is 18. The van der Waals surface area contributed by atoms with Gasteiger partial charge in [0.25, 0.3) is 0 Å². The number of aromatic amines is 1. The molecule has 240 valence electrons. The van der Waals surface area contributed by atoms with Crippen LogP contribution in [0.1, 0.15) is 148 Å². The highest BCUT2D eigenvalue weighted by Gasteiger charge is 2.16. The summed E-state index contributed by atoms with van der Waals surface area (Å²) in [5, 5.41) is 0. The van der Waals surface area contributed by atoms with Gasteiger partial charge in [0.1, 0.15) is 12.6 Å². The van der Waals surface area contributed by atoms with Gasteiger partial charge in [-0.15, -0.1) is 0 Å². The van der Waals surface area contributed by atoms with Crippen molar-refractivity contribution in [1.29, 1.82) is 0 Å². The van der Waals surface area contributed by atoms with Gasteiger partial charge in [-0.2, -0.15) is 0 Å². The largest absolute Gasteiger partial charge is 0.462 e. The number of nitrogens with one attached hydrogen (secondary N) is 1.